The van der Waals surface area contributed by atoms with Gasteiger partial charge < -0.3 is 10.2 Å². The van der Waals surface area contributed by atoms with Crippen LogP contribution < -0.4 is 9.62 Å². The summed E-state index contributed by atoms with van der Waals surface area (Å²) in [6.45, 7) is 7.52. The first-order valence-corrected chi connectivity index (χ1v) is 12.1. The molecule has 0 fully saturated rings. The van der Waals surface area contributed by atoms with Gasteiger partial charge in [0.15, 0.2) is 0 Å². The zero-order valence-corrected chi connectivity index (χ0v) is 19.6. The predicted molar refractivity (Wildman–Crippen MR) is 123 cm³/mol. The first-order valence-electron chi connectivity index (χ1n) is 10.2. The van der Waals surface area contributed by atoms with Crippen molar-refractivity contribution in [1.82, 2.24) is 10.2 Å². The maximum Gasteiger partial charge on any atom is 0.244 e. The highest BCUT2D eigenvalue weighted by Gasteiger charge is 2.29. The van der Waals surface area contributed by atoms with Gasteiger partial charge in [-0.1, -0.05) is 36.4 Å². The molecule has 0 saturated carbocycles. The Morgan fingerprint density at radius 1 is 1.03 bits per heavy atom. The minimum atomic E-state index is -3.72. The lowest BCUT2D eigenvalue weighted by molar-refractivity contribution is -0.139. The number of nitrogens with one attached hydrogen (secondary N) is 1. The largest absolute Gasteiger partial charge is 0.355 e. The van der Waals surface area contributed by atoms with Gasteiger partial charge in [-0.3, -0.25) is 13.9 Å². The van der Waals surface area contributed by atoms with Crippen LogP contribution in [0.4, 0.5) is 5.69 Å². The number of anilines is 1. The molecule has 0 aliphatic carbocycles. The first kappa shape index (κ1) is 24.4. The quantitative estimate of drug-likeness (QED) is 0.643. The Morgan fingerprint density at radius 3 is 2.23 bits per heavy atom. The number of amides is 2. The summed E-state index contributed by atoms with van der Waals surface area (Å²) < 4.78 is 26.1. The fourth-order valence-electron chi connectivity index (χ4n) is 3.18. The Bertz CT molecular complexity index is 1020. The summed E-state index contributed by atoms with van der Waals surface area (Å²) in [5, 5.41) is 2.73. The van der Waals surface area contributed by atoms with Crippen molar-refractivity contribution >= 4 is 27.5 Å². The van der Waals surface area contributed by atoms with E-state index in [4.69, 9.17) is 0 Å². The number of rotatable bonds is 9. The van der Waals surface area contributed by atoms with Gasteiger partial charge in [0, 0.05) is 13.1 Å². The molecule has 2 aromatic rings. The van der Waals surface area contributed by atoms with Crippen LogP contribution in [0.3, 0.4) is 0 Å². The second-order valence-electron chi connectivity index (χ2n) is 7.62. The smallest absolute Gasteiger partial charge is 0.244 e. The molecule has 8 heteroatoms. The van der Waals surface area contributed by atoms with E-state index in [9.17, 15) is 18.0 Å². The maximum absolute atomic E-state index is 13.3. The van der Waals surface area contributed by atoms with E-state index in [-0.39, 0.29) is 12.5 Å². The molecule has 0 radical (unpaired) electrons. The van der Waals surface area contributed by atoms with E-state index >= 15 is 0 Å². The van der Waals surface area contributed by atoms with Crippen LogP contribution >= 0.6 is 0 Å². The number of likely N-dealkylation sites (N-methyl/N-ethyl adjacent to an activating group) is 1. The fourth-order valence-corrected chi connectivity index (χ4v) is 4.02. The highest BCUT2D eigenvalue weighted by Crippen LogP contribution is 2.22. The van der Waals surface area contributed by atoms with E-state index in [1.807, 2.05) is 50.2 Å². The van der Waals surface area contributed by atoms with Crippen molar-refractivity contribution in [1.29, 1.82) is 0 Å². The van der Waals surface area contributed by atoms with Crippen LogP contribution in [0.25, 0.3) is 0 Å². The van der Waals surface area contributed by atoms with Crippen LogP contribution in [0.15, 0.2) is 48.5 Å². The van der Waals surface area contributed by atoms with Crippen molar-refractivity contribution in [2.75, 3.05) is 23.7 Å². The van der Waals surface area contributed by atoms with E-state index in [1.165, 1.54) is 4.90 Å². The van der Waals surface area contributed by atoms with Gasteiger partial charge in [-0.15, -0.1) is 0 Å². The van der Waals surface area contributed by atoms with E-state index in [1.54, 1.807) is 26.0 Å². The summed E-state index contributed by atoms with van der Waals surface area (Å²) in [5.41, 5.74) is 3.22. The molecule has 2 rings (SSSR count). The molecule has 0 spiro atoms. The number of hydrogen-bond acceptors (Lipinski definition) is 4. The summed E-state index contributed by atoms with van der Waals surface area (Å²) in [7, 11) is -3.72. The van der Waals surface area contributed by atoms with Gasteiger partial charge in [0.1, 0.15) is 12.6 Å². The molecule has 0 unspecified atom stereocenters. The molecule has 2 aromatic carbocycles. The first-order chi connectivity index (χ1) is 14.5. The summed E-state index contributed by atoms with van der Waals surface area (Å²) in [6, 6.07) is 13.8. The maximum atomic E-state index is 13.3. The minimum absolute atomic E-state index is 0.197. The molecule has 0 saturated heterocycles. The van der Waals surface area contributed by atoms with Gasteiger partial charge in [-0.05, 0) is 56.5 Å². The SMILES string of the molecule is CCNC(=O)[C@@H](C)N(Cc1ccccc1)C(=O)CN(c1ccc(C)c(C)c1)S(C)(=O)=O. The van der Waals surface area contributed by atoms with Gasteiger partial charge >= 0.3 is 0 Å². The van der Waals surface area contributed by atoms with Gasteiger partial charge in [0.2, 0.25) is 21.8 Å². The highest BCUT2D eigenvalue weighted by molar-refractivity contribution is 7.92. The normalized spacial score (nSPS) is 12.2. The number of sulfonamides is 1. The van der Waals surface area contributed by atoms with Crippen molar-refractivity contribution in [3.05, 3.63) is 65.2 Å². The van der Waals surface area contributed by atoms with Crippen LogP contribution in [-0.4, -0.2) is 50.5 Å². The van der Waals surface area contributed by atoms with Crippen LogP contribution in [-0.2, 0) is 26.2 Å². The van der Waals surface area contributed by atoms with E-state index in [0.717, 1.165) is 27.3 Å². The van der Waals surface area contributed by atoms with Crippen molar-refractivity contribution < 1.29 is 18.0 Å². The highest BCUT2D eigenvalue weighted by atomic mass is 32.2. The van der Waals surface area contributed by atoms with Crippen molar-refractivity contribution in [2.45, 2.75) is 40.3 Å². The molecule has 0 bridgehead atoms. The molecule has 0 aliphatic heterocycles. The molecule has 0 aliphatic rings. The van der Waals surface area contributed by atoms with Crippen LogP contribution in [0.2, 0.25) is 0 Å². The third kappa shape index (κ3) is 6.55. The molecule has 1 atom stereocenters. The summed E-state index contributed by atoms with van der Waals surface area (Å²) in [4.78, 5) is 27.2. The summed E-state index contributed by atoms with van der Waals surface area (Å²) >= 11 is 0. The number of hydrogen-bond donors (Lipinski definition) is 1. The standard InChI is InChI=1S/C23H31N3O4S/c1-6-24-23(28)19(4)25(15-20-10-8-7-9-11-20)22(27)16-26(31(5,29)30)21-13-12-17(2)18(3)14-21/h7-14,19H,6,15-16H2,1-5H3,(H,24,28)/t19-/m1/s1. The van der Waals surface area contributed by atoms with Crippen molar-refractivity contribution in [3.8, 4) is 0 Å². The number of aryl methyl sites for hydroxylation is 2. The summed E-state index contributed by atoms with van der Waals surface area (Å²) in [5.74, 6) is -0.741. The Kier molecular flexibility index (Phi) is 8.21. The molecular weight excluding hydrogens is 414 g/mol. The van der Waals surface area contributed by atoms with E-state index < -0.39 is 28.5 Å². The number of nitrogens with zero attached hydrogens (tertiary/aromatic N) is 2. The molecular formula is C23H31N3O4S. The Hall–Kier alpha value is -2.87. The van der Waals surface area contributed by atoms with E-state index in [2.05, 4.69) is 5.32 Å². The van der Waals surface area contributed by atoms with Crippen LogP contribution in [0, 0.1) is 13.8 Å². The fraction of sp³-hybridized carbons (Fsp3) is 0.391. The lowest BCUT2D eigenvalue weighted by Gasteiger charge is -2.31. The number of benzene rings is 2. The second-order valence-corrected chi connectivity index (χ2v) is 9.52. The van der Waals surface area contributed by atoms with E-state index in [0.29, 0.717) is 12.2 Å². The zero-order valence-electron chi connectivity index (χ0n) is 18.8. The second kappa shape index (κ2) is 10.4. The minimum Gasteiger partial charge on any atom is -0.355 e. The van der Waals surface area contributed by atoms with Crippen molar-refractivity contribution in [2.24, 2.45) is 0 Å². The Labute approximate surface area is 185 Å². The molecule has 0 aromatic heterocycles. The average Bonchev–Trinajstić information content (AvgIpc) is 2.72. The van der Waals surface area contributed by atoms with Gasteiger partial charge in [-0.25, -0.2) is 8.42 Å². The monoisotopic (exact) mass is 445 g/mol. The molecule has 2 amide bonds. The third-order valence-corrected chi connectivity index (χ3v) is 6.31. The predicted octanol–water partition coefficient (Wildman–Crippen LogP) is 2.62. The summed E-state index contributed by atoms with van der Waals surface area (Å²) in [6.07, 6.45) is 1.07. The lowest BCUT2D eigenvalue weighted by atomic mass is 10.1. The Balaban J connectivity index is 2.38. The zero-order chi connectivity index (χ0) is 23.2. The van der Waals surface area contributed by atoms with Gasteiger partial charge in [0.05, 0.1) is 11.9 Å². The number of carbonyl (C=O) groups excluding carboxylic acids is 2. The topological polar surface area (TPSA) is 86.8 Å². The average molecular weight is 446 g/mol. The van der Waals surface area contributed by atoms with Crippen molar-refractivity contribution in [3.63, 3.8) is 0 Å². The molecule has 0 heterocycles. The van der Waals surface area contributed by atoms with Gasteiger partial charge in [0.25, 0.3) is 0 Å². The van der Waals surface area contributed by atoms with Crippen LogP contribution in [0.5, 0.6) is 0 Å². The van der Waals surface area contributed by atoms with Gasteiger partial charge in [-0.2, -0.15) is 0 Å². The molecule has 1 N–H and O–H groups in total. The molecule has 7 nitrogen and oxygen atoms in total. The third-order valence-electron chi connectivity index (χ3n) is 5.17. The van der Waals surface area contributed by atoms with Crippen LogP contribution in [0.1, 0.15) is 30.5 Å². The molecule has 31 heavy (non-hydrogen) atoms. The number of carbonyl (C=O) groups is 2. The Morgan fingerprint density at radius 2 is 1.68 bits per heavy atom. The molecule has 168 valence electrons. The lowest BCUT2D eigenvalue weighted by Crippen LogP contribution is -2.51.